The van der Waals surface area contributed by atoms with Crippen LogP contribution in [0.3, 0.4) is 0 Å². The predicted octanol–water partition coefficient (Wildman–Crippen LogP) is 1.36. The Morgan fingerprint density at radius 3 is 2.55 bits per heavy atom. The van der Waals surface area contributed by atoms with Gasteiger partial charge in [-0.1, -0.05) is 12.1 Å². The molecule has 162 valence electrons. The summed E-state index contributed by atoms with van der Waals surface area (Å²) in [5, 5.41) is 0. The van der Waals surface area contributed by atoms with Gasteiger partial charge < -0.3 is 19.4 Å². The zero-order chi connectivity index (χ0) is 21.8. The van der Waals surface area contributed by atoms with E-state index >= 15 is 0 Å². The van der Waals surface area contributed by atoms with Gasteiger partial charge in [0.2, 0.25) is 17.7 Å². The summed E-state index contributed by atoms with van der Waals surface area (Å²) in [6.45, 7) is 2.33. The molecule has 2 saturated heterocycles. The molecular weight excluding hydrogens is 396 g/mol. The van der Waals surface area contributed by atoms with Gasteiger partial charge in [0.15, 0.2) is 0 Å². The van der Waals surface area contributed by atoms with Gasteiger partial charge in [-0.3, -0.25) is 19.4 Å². The molecule has 8 nitrogen and oxygen atoms in total. The Hall–Kier alpha value is -3.42. The molecule has 0 bridgehead atoms. The van der Waals surface area contributed by atoms with E-state index in [0.717, 1.165) is 11.4 Å². The van der Waals surface area contributed by atoms with Crippen LogP contribution in [0.2, 0.25) is 0 Å². The summed E-state index contributed by atoms with van der Waals surface area (Å²) in [6, 6.07) is 12.8. The lowest BCUT2D eigenvalue weighted by atomic mass is 10.1. The van der Waals surface area contributed by atoms with Gasteiger partial charge in [0.05, 0.1) is 19.4 Å². The molecule has 1 unspecified atom stereocenters. The molecule has 3 amide bonds. The zero-order valence-corrected chi connectivity index (χ0v) is 17.6. The van der Waals surface area contributed by atoms with Crippen LogP contribution >= 0.6 is 0 Å². The van der Waals surface area contributed by atoms with Gasteiger partial charge in [-0.2, -0.15) is 0 Å². The Bertz CT molecular complexity index is 957. The summed E-state index contributed by atoms with van der Waals surface area (Å²) < 4.78 is 5.24. The average molecular weight is 422 g/mol. The second kappa shape index (κ2) is 9.16. The summed E-state index contributed by atoms with van der Waals surface area (Å²) in [5.41, 5.74) is 1.48. The van der Waals surface area contributed by atoms with Gasteiger partial charge >= 0.3 is 0 Å². The Balaban J connectivity index is 1.31. The van der Waals surface area contributed by atoms with Crippen molar-refractivity contribution in [1.29, 1.82) is 0 Å². The fourth-order valence-corrected chi connectivity index (χ4v) is 4.10. The van der Waals surface area contributed by atoms with Crippen LogP contribution in [-0.4, -0.2) is 72.3 Å². The van der Waals surface area contributed by atoms with Crippen LogP contribution in [0.1, 0.15) is 12.1 Å². The minimum atomic E-state index is -0.366. The maximum absolute atomic E-state index is 13.0. The Kier molecular flexibility index (Phi) is 6.16. The van der Waals surface area contributed by atoms with Gasteiger partial charge in [-0.05, 0) is 24.3 Å². The van der Waals surface area contributed by atoms with Crippen molar-refractivity contribution in [2.75, 3.05) is 44.7 Å². The number of amides is 3. The first-order valence-electron chi connectivity index (χ1n) is 10.5. The van der Waals surface area contributed by atoms with E-state index in [1.54, 1.807) is 34.1 Å². The van der Waals surface area contributed by atoms with Gasteiger partial charge in [0, 0.05) is 62.8 Å². The molecule has 2 aliphatic heterocycles. The second-order valence-corrected chi connectivity index (χ2v) is 7.81. The van der Waals surface area contributed by atoms with E-state index in [9.17, 15) is 14.4 Å². The lowest BCUT2D eigenvalue weighted by molar-refractivity contribution is -0.141. The van der Waals surface area contributed by atoms with Crippen LogP contribution in [0.25, 0.3) is 0 Å². The van der Waals surface area contributed by atoms with Crippen molar-refractivity contribution in [1.82, 2.24) is 14.8 Å². The van der Waals surface area contributed by atoms with Crippen LogP contribution in [0.5, 0.6) is 5.75 Å². The Morgan fingerprint density at radius 1 is 1.06 bits per heavy atom. The highest BCUT2D eigenvalue weighted by Gasteiger charge is 2.38. The summed E-state index contributed by atoms with van der Waals surface area (Å²) in [7, 11) is 1.58. The number of hydrogen-bond donors (Lipinski definition) is 0. The fourth-order valence-electron chi connectivity index (χ4n) is 4.10. The van der Waals surface area contributed by atoms with Crippen molar-refractivity contribution < 1.29 is 19.1 Å². The van der Waals surface area contributed by atoms with Crippen LogP contribution in [0.15, 0.2) is 48.7 Å². The summed E-state index contributed by atoms with van der Waals surface area (Å²) in [5.74, 6) is 0.249. The quantitative estimate of drug-likeness (QED) is 0.727. The third-order valence-corrected chi connectivity index (χ3v) is 5.84. The molecule has 0 radical (unpaired) electrons. The molecule has 2 fully saturated rings. The van der Waals surface area contributed by atoms with Crippen LogP contribution in [-0.2, 0) is 20.8 Å². The molecule has 31 heavy (non-hydrogen) atoms. The Morgan fingerprint density at radius 2 is 1.84 bits per heavy atom. The minimum absolute atomic E-state index is 0.0180. The number of carbonyl (C=O) groups is 3. The number of hydrogen-bond acceptors (Lipinski definition) is 5. The molecule has 2 aromatic rings. The number of aromatic nitrogens is 1. The van der Waals surface area contributed by atoms with Crippen molar-refractivity contribution >= 4 is 23.4 Å². The van der Waals surface area contributed by atoms with Gasteiger partial charge in [-0.25, -0.2) is 0 Å². The lowest BCUT2D eigenvalue weighted by Gasteiger charge is -2.36. The monoisotopic (exact) mass is 422 g/mol. The third-order valence-electron chi connectivity index (χ3n) is 5.84. The molecule has 1 aromatic carbocycles. The van der Waals surface area contributed by atoms with Crippen molar-refractivity contribution in [3.05, 3.63) is 54.4 Å². The van der Waals surface area contributed by atoms with Crippen LogP contribution in [0, 0.1) is 5.92 Å². The van der Waals surface area contributed by atoms with E-state index < -0.39 is 0 Å². The molecule has 2 aliphatic rings. The molecule has 0 spiro atoms. The summed E-state index contributed by atoms with van der Waals surface area (Å²) in [6.07, 6.45) is 2.15. The van der Waals surface area contributed by atoms with E-state index in [4.69, 9.17) is 4.74 Å². The average Bonchev–Trinajstić information content (AvgIpc) is 3.21. The molecule has 3 heterocycles. The number of ether oxygens (including phenoxy) is 1. The standard InChI is InChI=1S/C23H26N4O4/c1-31-20-7-4-6-19(15-20)27-16-17(13-22(27)29)23(30)26-11-9-25(10-12-26)21(28)14-18-5-2-3-8-24-18/h2-8,15,17H,9-14,16H2,1H3. The number of benzene rings is 1. The maximum Gasteiger partial charge on any atom is 0.228 e. The predicted molar refractivity (Wildman–Crippen MR) is 115 cm³/mol. The van der Waals surface area contributed by atoms with Crippen molar-refractivity contribution in [2.45, 2.75) is 12.8 Å². The number of nitrogens with zero attached hydrogens (tertiary/aromatic N) is 4. The highest BCUT2D eigenvalue weighted by Crippen LogP contribution is 2.29. The number of rotatable bonds is 5. The number of pyridine rings is 1. The lowest BCUT2D eigenvalue weighted by Crippen LogP contribution is -2.52. The van der Waals surface area contributed by atoms with Crippen molar-refractivity contribution in [3.8, 4) is 5.75 Å². The SMILES string of the molecule is COc1cccc(N2CC(C(=O)N3CCN(C(=O)Cc4ccccn4)CC3)CC2=O)c1. The van der Waals surface area contributed by atoms with E-state index in [2.05, 4.69) is 4.98 Å². The third kappa shape index (κ3) is 4.68. The Labute approximate surface area is 181 Å². The van der Waals surface area contributed by atoms with Crippen molar-refractivity contribution in [2.24, 2.45) is 5.92 Å². The zero-order valence-electron chi connectivity index (χ0n) is 17.6. The number of carbonyl (C=O) groups excluding carboxylic acids is 3. The van der Waals surface area contributed by atoms with E-state index in [1.807, 2.05) is 36.4 Å². The number of piperazine rings is 1. The van der Waals surface area contributed by atoms with Gasteiger partial charge in [0.1, 0.15) is 5.75 Å². The van der Waals surface area contributed by atoms with Crippen LogP contribution in [0.4, 0.5) is 5.69 Å². The minimum Gasteiger partial charge on any atom is -0.497 e. The highest BCUT2D eigenvalue weighted by atomic mass is 16.5. The smallest absolute Gasteiger partial charge is 0.228 e. The number of anilines is 1. The van der Waals surface area contributed by atoms with E-state index in [1.165, 1.54) is 0 Å². The summed E-state index contributed by atoms with van der Waals surface area (Å²) in [4.78, 5) is 47.5. The maximum atomic E-state index is 13.0. The van der Waals surface area contributed by atoms with Gasteiger partial charge in [0.25, 0.3) is 0 Å². The molecule has 4 rings (SSSR count). The topological polar surface area (TPSA) is 83.1 Å². The first-order valence-corrected chi connectivity index (χ1v) is 10.5. The molecule has 1 atom stereocenters. The number of methoxy groups -OCH3 is 1. The highest BCUT2D eigenvalue weighted by molar-refractivity contribution is 6.00. The van der Waals surface area contributed by atoms with E-state index in [-0.39, 0.29) is 36.5 Å². The molecule has 8 heteroatoms. The molecule has 0 aliphatic carbocycles. The summed E-state index contributed by atoms with van der Waals surface area (Å²) >= 11 is 0. The van der Waals surface area contributed by atoms with Gasteiger partial charge in [-0.15, -0.1) is 0 Å². The first kappa shape index (κ1) is 20.8. The largest absolute Gasteiger partial charge is 0.497 e. The molecular formula is C23H26N4O4. The fraction of sp³-hybridized carbons (Fsp3) is 0.391. The van der Waals surface area contributed by atoms with Crippen LogP contribution < -0.4 is 9.64 Å². The second-order valence-electron chi connectivity index (χ2n) is 7.81. The normalized spacial score (nSPS) is 18.9. The molecule has 1 aromatic heterocycles. The first-order chi connectivity index (χ1) is 15.0. The van der Waals surface area contributed by atoms with Crippen molar-refractivity contribution in [3.63, 3.8) is 0 Å². The molecule has 0 saturated carbocycles. The molecule has 0 N–H and O–H groups in total. The van der Waals surface area contributed by atoms with E-state index in [0.29, 0.717) is 38.5 Å².